The fourth-order valence-corrected chi connectivity index (χ4v) is 4.37. The van der Waals surface area contributed by atoms with E-state index in [0.717, 1.165) is 29.8 Å². The van der Waals surface area contributed by atoms with E-state index >= 15 is 0 Å². The number of nitrogens with one attached hydrogen (secondary N) is 1. The highest BCUT2D eigenvalue weighted by atomic mass is 32.2. The summed E-state index contributed by atoms with van der Waals surface area (Å²) in [5, 5.41) is 12.6. The highest BCUT2D eigenvalue weighted by Gasteiger charge is 2.20. The number of ether oxygens (including phenoxy) is 1. The summed E-state index contributed by atoms with van der Waals surface area (Å²) in [5.74, 6) is 1.87. The smallest absolute Gasteiger partial charge is 0.230 e. The minimum absolute atomic E-state index is 0.0404. The lowest BCUT2D eigenvalue weighted by atomic mass is 10.2. The zero-order valence-corrected chi connectivity index (χ0v) is 17.8. The minimum Gasteiger partial charge on any atom is -0.494 e. The Morgan fingerprint density at radius 1 is 1.13 bits per heavy atom. The van der Waals surface area contributed by atoms with Crippen LogP contribution < -0.4 is 10.1 Å². The van der Waals surface area contributed by atoms with Crippen LogP contribution in [-0.4, -0.2) is 44.1 Å². The van der Waals surface area contributed by atoms with Crippen LogP contribution in [-0.2, 0) is 4.79 Å². The molecule has 1 aromatic carbocycles. The van der Waals surface area contributed by atoms with Crippen LogP contribution in [0.2, 0.25) is 0 Å². The third kappa shape index (κ3) is 4.81. The Hall–Kier alpha value is -2.87. The van der Waals surface area contributed by atoms with Crippen molar-refractivity contribution in [3.05, 3.63) is 48.8 Å². The Morgan fingerprint density at radius 3 is 2.57 bits per heavy atom. The minimum atomic E-state index is 0.0404. The first-order valence-corrected chi connectivity index (χ1v) is 11.2. The lowest BCUT2D eigenvalue weighted by Gasteiger charge is -2.13. The number of benzene rings is 1. The van der Waals surface area contributed by atoms with Gasteiger partial charge < -0.3 is 10.1 Å². The molecule has 7 nitrogen and oxygen atoms in total. The molecular formula is C22H25N5O2S. The number of hydrogen-bond donors (Lipinski definition) is 1. The molecule has 0 spiro atoms. The number of aromatic nitrogens is 4. The van der Waals surface area contributed by atoms with Gasteiger partial charge in [0.25, 0.3) is 0 Å². The van der Waals surface area contributed by atoms with Crippen LogP contribution in [0.5, 0.6) is 5.75 Å². The van der Waals surface area contributed by atoms with Crippen LogP contribution in [0.15, 0.2) is 53.9 Å². The Kier molecular flexibility index (Phi) is 6.63. The molecule has 0 aliphatic heterocycles. The largest absolute Gasteiger partial charge is 0.494 e. The van der Waals surface area contributed by atoms with Gasteiger partial charge in [0.2, 0.25) is 5.91 Å². The number of amides is 1. The zero-order valence-electron chi connectivity index (χ0n) is 17.0. The third-order valence-corrected chi connectivity index (χ3v) is 5.96. The van der Waals surface area contributed by atoms with Crippen LogP contribution in [0.1, 0.15) is 32.6 Å². The van der Waals surface area contributed by atoms with Gasteiger partial charge in [-0.25, -0.2) is 0 Å². The van der Waals surface area contributed by atoms with Gasteiger partial charge in [0, 0.05) is 29.7 Å². The van der Waals surface area contributed by atoms with Gasteiger partial charge in [-0.2, -0.15) is 0 Å². The highest BCUT2D eigenvalue weighted by molar-refractivity contribution is 7.99. The van der Waals surface area contributed by atoms with Crippen LogP contribution >= 0.6 is 11.8 Å². The first kappa shape index (κ1) is 20.4. The maximum atomic E-state index is 12.4. The van der Waals surface area contributed by atoms with Gasteiger partial charge in [0.1, 0.15) is 5.75 Å². The summed E-state index contributed by atoms with van der Waals surface area (Å²) < 4.78 is 7.53. The number of pyridine rings is 1. The van der Waals surface area contributed by atoms with Gasteiger partial charge in [-0.05, 0) is 56.2 Å². The van der Waals surface area contributed by atoms with Crippen LogP contribution in [0, 0.1) is 0 Å². The second kappa shape index (κ2) is 9.75. The number of nitrogens with zero attached hydrogens (tertiary/aromatic N) is 4. The molecule has 2 aromatic heterocycles. The zero-order chi connectivity index (χ0) is 20.8. The van der Waals surface area contributed by atoms with E-state index in [1.165, 1.54) is 24.6 Å². The lowest BCUT2D eigenvalue weighted by molar-refractivity contribution is -0.119. The van der Waals surface area contributed by atoms with Crippen LogP contribution in [0.3, 0.4) is 0 Å². The van der Waals surface area contributed by atoms with E-state index < -0.39 is 0 Å². The maximum absolute atomic E-state index is 12.4. The maximum Gasteiger partial charge on any atom is 0.230 e. The molecule has 0 saturated heterocycles. The van der Waals surface area contributed by atoms with Gasteiger partial charge in [0.05, 0.1) is 12.4 Å². The lowest BCUT2D eigenvalue weighted by Crippen LogP contribution is -2.33. The standard InChI is InChI=1S/C22H25N5O2S/c1-2-29-19-9-7-18(8-10-19)27-21(16-11-13-23-14-12-16)25-26-22(27)30-15-20(28)24-17-5-3-4-6-17/h7-14,17H,2-6,15H2,1H3,(H,24,28). The Morgan fingerprint density at radius 2 is 1.87 bits per heavy atom. The topological polar surface area (TPSA) is 81.9 Å². The number of carbonyl (C=O) groups is 1. The van der Waals surface area contributed by atoms with E-state index in [0.29, 0.717) is 29.4 Å². The van der Waals surface area contributed by atoms with Gasteiger partial charge in [-0.15, -0.1) is 10.2 Å². The molecule has 1 N–H and O–H groups in total. The first-order valence-electron chi connectivity index (χ1n) is 10.3. The van der Waals surface area contributed by atoms with Crippen molar-refractivity contribution in [3.8, 4) is 22.8 Å². The van der Waals surface area contributed by atoms with E-state index in [2.05, 4.69) is 20.5 Å². The number of carbonyl (C=O) groups excluding carboxylic acids is 1. The molecule has 1 aliphatic carbocycles. The second-order valence-electron chi connectivity index (χ2n) is 7.14. The molecule has 2 heterocycles. The van der Waals surface area contributed by atoms with Crippen molar-refractivity contribution in [3.63, 3.8) is 0 Å². The Labute approximate surface area is 180 Å². The summed E-state index contributed by atoms with van der Waals surface area (Å²) in [6.45, 7) is 2.58. The second-order valence-corrected chi connectivity index (χ2v) is 8.08. The molecule has 3 aromatic rings. The van der Waals surface area contributed by atoms with E-state index in [9.17, 15) is 4.79 Å². The van der Waals surface area contributed by atoms with Crippen molar-refractivity contribution < 1.29 is 9.53 Å². The van der Waals surface area contributed by atoms with Crippen molar-refractivity contribution in [2.24, 2.45) is 0 Å². The molecule has 0 radical (unpaired) electrons. The molecule has 0 unspecified atom stereocenters. The third-order valence-electron chi connectivity index (χ3n) is 5.03. The Balaban J connectivity index is 1.58. The van der Waals surface area contributed by atoms with Crippen molar-refractivity contribution in [2.75, 3.05) is 12.4 Å². The summed E-state index contributed by atoms with van der Waals surface area (Å²) in [5.41, 5.74) is 1.82. The highest BCUT2D eigenvalue weighted by Crippen LogP contribution is 2.29. The van der Waals surface area contributed by atoms with Crippen molar-refractivity contribution in [1.82, 2.24) is 25.1 Å². The monoisotopic (exact) mass is 423 g/mol. The molecule has 4 rings (SSSR count). The molecular weight excluding hydrogens is 398 g/mol. The summed E-state index contributed by atoms with van der Waals surface area (Å²) in [4.78, 5) is 16.5. The molecule has 1 fully saturated rings. The fourth-order valence-electron chi connectivity index (χ4n) is 3.61. The molecule has 30 heavy (non-hydrogen) atoms. The van der Waals surface area contributed by atoms with Gasteiger partial charge >= 0.3 is 0 Å². The molecule has 8 heteroatoms. The van der Waals surface area contributed by atoms with Gasteiger partial charge in [0.15, 0.2) is 11.0 Å². The normalized spacial score (nSPS) is 14.0. The van der Waals surface area contributed by atoms with Crippen molar-refractivity contribution >= 4 is 17.7 Å². The van der Waals surface area contributed by atoms with Crippen LogP contribution in [0.4, 0.5) is 0 Å². The van der Waals surface area contributed by atoms with E-state index in [4.69, 9.17) is 4.74 Å². The Bertz CT molecular complexity index is 969. The summed E-state index contributed by atoms with van der Waals surface area (Å²) in [7, 11) is 0. The SMILES string of the molecule is CCOc1ccc(-n2c(SCC(=O)NC3CCCC3)nnc2-c2ccncc2)cc1. The summed E-state index contributed by atoms with van der Waals surface area (Å²) in [6, 6.07) is 11.9. The van der Waals surface area contributed by atoms with Crippen molar-refractivity contribution in [1.29, 1.82) is 0 Å². The average molecular weight is 424 g/mol. The van der Waals surface area contributed by atoms with E-state index in [1.54, 1.807) is 12.4 Å². The van der Waals surface area contributed by atoms with Gasteiger partial charge in [-0.1, -0.05) is 24.6 Å². The fraction of sp³-hybridized carbons (Fsp3) is 0.364. The molecule has 0 bridgehead atoms. The summed E-state index contributed by atoms with van der Waals surface area (Å²) in [6.07, 6.45) is 8.00. The van der Waals surface area contributed by atoms with E-state index in [1.807, 2.05) is 47.9 Å². The molecule has 1 saturated carbocycles. The molecule has 1 aliphatic rings. The quantitative estimate of drug-likeness (QED) is 0.554. The first-order chi connectivity index (χ1) is 14.7. The molecule has 156 valence electrons. The summed E-state index contributed by atoms with van der Waals surface area (Å²) >= 11 is 1.39. The number of rotatable bonds is 8. The van der Waals surface area contributed by atoms with Crippen LogP contribution in [0.25, 0.3) is 17.1 Å². The number of thioether (sulfide) groups is 1. The predicted molar refractivity (Wildman–Crippen MR) is 117 cm³/mol. The predicted octanol–water partition coefficient (Wildman–Crippen LogP) is 3.88. The number of hydrogen-bond acceptors (Lipinski definition) is 6. The average Bonchev–Trinajstić information content (AvgIpc) is 3.43. The molecule has 1 amide bonds. The van der Waals surface area contributed by atoms with Crippen molar-refractivity contribution in [2.45, 2.75) is 43.8 Å². The van der Waals surface area contributed by atoms with Gasteiger partial charge in [-0.3, -0.25) is 14.3 Å². The molecule has 0 atom stereocenters. The van der Waals surface area contributed by atoms with E-state index in [-0.39, 0.29) is 5.91 Å².